The van der Waals surface area contributed by atoms with E-state index in [0.29, 0.717) is 13.1 Å². The number of morpholine rings is 1. The number of nitrogens with two attached hydrogens (primary N) is 2. The molecule has 1 fully saturated rings. The lowest BCUT2D eigenvalue weighted by atomic mass is 10.5. The van der Waals surface area contributed by atoms with E-state index in [1.807, 2.05) is 0 Å². The van der Waals surface area contributed by atoms with Crippen LogP contribution in [-0.4, -0.2) is 90.1 Å². The van der Waals surface area contributed by atoms with Gasteiger partial charge in [-0.1, -0.05) is 20.8 Å². The quantitative estimate of drug-likeness (QED) is 0.328. The van der Waals surface area contributed by atoms with Crippen molar-refractivity contribution in [1.82, 2.24) is 20.9 Å². The highest BCUT2D eigenvalue weighted by atomic mass is 16.5. The summed E-state index contributed by atoms with van der Waals surface area (Å²) in [5, 5.41) is 9.49. The molecule has 1 aliphatic rings. The summed E-state index contributed by atoms with van der Waals surface area (Å²) in [6.45, 7) is 19.1. The van der Waals surface area contributed by atoms with Crippen LogP contribution in [0.2, 0.25) is 0 Å². The number of rotatable bonds is 10. The molecular formula is C16H42N6O. The Labute approximate surface area is 143 Å². The fourth-order valence-electron chi connectivity index (χ4n) is 1.82. The van der Waals surface area contributed by atoms with Gasteiger partial charge in [0, 0.05) is 52.4 Å². The second-order valence-electron chi connectivity index (χ2n) is 5.06. The molecule has 0 bridgehead atoms. The lowest BCUT2D eigenvalue weighted by Crippen LogP contribution is -2.32. The van der Waals surface area contributed by atoms with E-state index in [1.54, 1.807) is 0 Å². The zero-order chi connectivity index (χ0) is 17.6. The highest BCUT2D eigenvalue weighted by molar-refractivity contribution is 4.52. The van der Waals surface area contributed by atoms with Crippen LogP contribution in [0.25, 0.3) is 0 Å². The van der Waals surface area contributed by atoms with Gasteiger partial charge in [-0.05, 0) is 19.6 Å². The molecule has 23 heavy (non-hydrogen) atoms. The van der Waals surface area contributed by atoms with Gasteiger partial charge in [0.05, 0.1) is 13.2 Å². The van der Waals surface area contributed by atoms with Crippen molar-refractivity contribution in [2.24, 2.45) is 11.5 Å². The standard InChI is InChI=1S/C6H18N4.C6H15N.C4H9NO/c7-1-3-9-5-6-10-4-2-8;1-4-7(5-2)6-3;1-3-6-4-2-5-1/h9-10H,1-8H2;4-6H2,1-3H3;5H,1-4H2. The SMILES string of the molecule is C1COCCN1.CCN(CC)CC.NCCNCCNCCN. The first-order chi connectivity index (χ1) is 11.3. The minimum Gasteiger partial charge on any atom is -0.379 e. The summed E-state index contributed by atoms with van der Waals surface area (Å²) >= 11 is 0. The summed E-state index contributed by atoms with van der Waals surface area (Å²) < 4.78 is 5.01. The molecule has 0 unspecified atom stereocenters. The number of nitrogens with one attached hydrogen (secondary N) is 3. The fourth-order valence-corrected chi connectivity index (χ4v) is 1.82. The van der Waals surface area contributed by atoms with E-state index in [0.717, 1.165) is 52.5 Å². The number of hydrogen-bond donors (Lipinski definition) is 5. The maximum atomic E-state index is 5.27. The van der Waals surface area contributed by atoms with Gasteiger partial charge in [0.1, 0.15) is 0 Å². The molecule has 0 spiro atoms. The van der Waals surface area contributed by atoms with Gasteiger partial charge >= 0.3 is 0 Å². The van der Waals surface area contributed by atoms with Gasteiger partial charge in [0.2, 0.25) is 0 Å². The van der Waals surface area contributed by atoms with E-state index < -0.39 is 0 Å². The molecule has 0 amide bonds. The van der Waals surface area contributed by atoms with Crippen LogP contribution in [0.1, 0.15) is 20.8 Å². The van der Waals surface area contributed by atoms with Crippen LogP contribution >= 0.6 is 0 Å². The van der Waals surface area contributed by atoms with Crippen LogP contribution < -0.4 is 27.4 Å². The van der Waals surface area contributed by atoms with Crippen LogP contribution in [0.5, 0.6) is 0 Å². The minimum absolute atomic E-state index is 0.705. The van der Waals surface area contributed by atoms with Crippen LogP contribution in [0, 0.1) is 0 Å². The van der Waals surface area contributed by atoms with E-state index in [-0.39, 0.29) is 0 Å². The third kappa shape index (κ3) is 24.1. The van der Waals surface area contributed by atoms with Crippen molar-refractivity contribution in [3.8, 4) is 0 Å². The third-order valence-corrected chi connectivity index (χ3v) is 3.31. The molecular weight excluding hydrogens is 292 g/mol. The van der Waals surface area contributed by atoms with Gasteiger partial charge in [-0.2, -0.15) is 0 Å². The Balaban J connectivity index is 0. The van der Waals surface area contributed by atoms with Crippen LogP contribution in [-0.2, 0) is 4.74 Å². The van der Waals surface area contributed by atoms with Gasteiger partial charge in [0.15, 0.2) is 0 Å². The van der Waals surface area contributed by atoms with Crippen molar-refractivity contribution >= 4 is 0 Å². The van der Waals surface area contributed by atoms with Crippen LogP contribution in [0.15, 0.2) is 0 Å². The number of hydrogen-bond acceptors (Lipinski definition) is 7. The zero-order valence-electron chi connectivity index (χ0n) is 15.7. The van der Waals surface area contributed by atoms with Crippen molar-refractivity contribution < 1.29 is 4.74 Å². The van der Waals surface area contributed by atoms with Gasteiger partial charge in [0.25, 0.3) is 0 Å². The van der Waals surface area contributed by atoms with Crippen LogP contribution in [0.3, 0.4) is 0 Å². The number of nitrogens with zero attached hydrogens (tertiary/aromatic N) is 1. The molecule has 7 heteroatoms. The fraction of sp³-hybridized carbons (Fsp3) is 1.00. The maximum absolute atomic E-state index is 5.27. The first-order valence-corrected chi connectivity index (χ1v) is 9.09. The maximum Gasteiger partial charge on any atom is 0.0591 e. The Bertz CT molecular complexity index is 164. The molecule has 7 nitrogen and oxygen atoms in total. The van der Waals surface area contributed by atoms with E-state index in [1.165, 1.54) is 19.6 Å². The molecule has 0 saturated carbocycles. The monoisotopic (exact) mass is 334 g/mol. The first-order valence-electron chi connectivity index (χ1n) is 9.09. The minimum atomic E-state index is 0.705. The summed E-state index contributed by atoms with van der Waals surface area (Å²) in [7, 11) is 0. The molecule has 142 valence electrons. The molecule has 1 heterocycles. The lowest BCUT2D eigenvalue weighted by Gasteiger charge is -2.13. The molecule has 0 aliphatic carbocycles. The molecule has 1 saturated heterocycles. The summed E-state index contributed by atoms with van der Waals surface area (Å²) in [6.07, 6.45) is 0. The molecule has 0 atom stereocenters. The summed E-state index contributed by atoms with van der Waals surface area (Å²) in [5.74, 6) is 0. The molecule has 1 aliphatic heterocycles. The topological polar surface area (TPSA) is 101 Å². The van der Waals surface area contributed by atoms with Gasteiger partial charge in [-0.25, -0.2) is 0 Å². The van der Waals surface area contributed by atoms with Gasteiger partial charge in [-0.3, -0.25) is 0 Å². The van der Waals surface area contributed by atoms with Crippen LogP contribution in [0.4, 0.5) is 0 Å². The van der Waals surface area contributed by atoms with E-state index in [2.05, 4.69) is 41.6 Å². The Morgan fingerprint density at radius 2 is 1.26 bits per heavy atom. The first kappa shape index (κ1) is 25.0. The predicted molar refractivity (Wildman–Crippen MR) is 101 cm³/mol. The van der Waals surface area contributed by atoms with E-state index in [4.69, 9.17) is 16.2 Å². The van der Waals surface area contributed by atoms with Gasteiger partial charge in [-0.15, -0.1) is 0 Å². The highest BCUT2D eigenvalue weighted by Gasteiger charge is 1.93. The molecule has 7 N–H and O–H groups in total. The Morgan fingerprint density at radius 1 is 0.826 bits per heavy atom. The van der Waals surface area contributed by atoms with Crippen molar-refractivity contribution in [1.29, 1.82) is 0 Å². The molecule has 0 aromatic rings. The molecule has 1 rings (SSSR count). The molecule has 0 aromatic carbocycles. The largest absolute Gasteiger partial charge is 0.379 e. The summed E-state index contributed by atoms with van der Waals surface area (Å²) in [6, 6.07) is 0. The predicted octanol–water partition coefficient (Wildman–Crippen LogP) is -0.963. The molecule has 0 aromatic heterocycles. The average molecular weight is 335 g/mol. The Hall–Kier alpha value is -0.280. The molecule has 0 radical (unpaired) electrons. The Kier molecular flexibility index (Phi) is 26.0. The van der Waals surface area contributed by atoms with Crippen molar-refractivity contribution in [3.63, 3.8) is 0 Å². The van der Waals surface area contributed by atoms with E-state index in [9.17, 15) is 0 Å². The smallest absolute Gasteiger partial charge is 0.0591 e. The second-order valence-corrected chi connectivity index (χ2v) is 5.06. The van der Waals surface area contributed by atoms with Gasteiger partial charge < -0.3 is 37.1 Å². The normalized spacial score (nSPS) is 13.8. The average Bonchev–Trinajstić information content (AvgIpc) is 2.62. The highest BCUT2D eigenvalue weighted by Crippen LogP contribution is 1.81. The van der Waals surface area contributed by atoms with Crippen molar-refractivity contribution in [2.45, 2.75) is 20.8 Å². The second kappa shape index (κ2) is 24.0. The van der Waals surface area contributed by atoms with E-state index >= 15 is 0 Å². The number of ether oxygens (including phenoxy) is 1. The lowest BCUT2D eigenvalue weighted by molar-refractivity contribution is 0.109. The van der Waals surface area contributed by atoms with Crippen molar-refractivity contribution in [3.05, 3.63) is 0 Å². The van der Waals surface area contributed by atoms with Crippen molar-refractivity contribution in [2.75, 3.05) is 85.2 Å². The summed E-state index contributed by atoms with van der Waals surface area (Å²) in [4.78, 5) is 2.38. The summed E-state index contributed by atoms with van der Waals surface area (Å²) in [5.41, 5.74) is 10.5. The Morgan fingerprint density at radius 3 is 1.43 bits per heavy atom. The zero-order valence-corrected chi connectivity index (χ0v) is 15.7. The third-order valence-electron chi connectivity index (χ3n) is 3.31.